The number of benzene rings is 3. The van der Waals surface area contributed by atoms with E-state index in [4.69, 9.17) is 11.6 Å². The number of rotatable bonds is 7. The van der Waals surface area contributed by atoms with Crippen molar-refractivity contribution in [1.82, 2.24) is 15.5 Å². The van der Waals surface area contributed by atoms with Crippen molar-refractivity contribution in [2.75, 3.05) is 6.54 Å². The number of aromatic hydroxyl groups is 1. The molecular weight excluding hydrogens is 542 g/mol. The lowest BCUT2D eigenvalue weighted by molar-refractivity contribution is -0.146. The van der Waals surface area contributed by atoms with Crippen LogP contribution in [0.4, 0.5) is 0 Å². The van der Waals surface area contributed by atoms with E-state index in [1.807, 2.05) is 63.2 Å². The highest BCUT2D eigenvalue weighted by atomic mass is 35.5. The van der Waals surface area contributed by atoms with Crippen molar-refractivity contribution in [3.63, 3.8) is 0 Å². The first-order chi connectivity index (χ1) is 19.2. The molecule has 0 bridgehead atoms. The number of aliphatic hydroxyl groups is 1. The second-order valence-corrected chi connectivity index (χ2v) is 12.6. The van der Waals surface area contributed by atoms with Gasteiger partial charge in [0, 0.05) is 23.2 Å². The van der Waals surface area contributed by atoms with Crippen LogP contribution < -0.4 is 10.6 Å². The van der Waals surface area contributed by atoms with Gasteiger partial charge in [-0.05, 0) is 81.5 Å². The summed E-state index contributed by atoms with van der Waals surface area (Å²) < 4.78 is 0. The molecule has 0 radical (unpaired) electrons. The highest BCUT2D eigenvalue weighted by Gasteiger charge is 2.43. The smallest absolute Gasteiger partial charge is 0.254 e. The Hall–Kier alpha value is -3.62. The number of phenolic OH excluding ortho intramolecular Hbond substituents is 1. The molecule has 1 heterocycles. The SMILES string of the molecule is Cc1cc(O)c(C)c(C(=O)N[C@@H](Cc2ccc3ccccc3c2)[C@@H](O)C(=O)N2C[C@@H](Cl)C[C@H]2C(=O)NC(C)(C)C)c1. The molecule has 3 aromatic carbocycles. The number of nitrogens with one attached hydrogen (secondary N) is 2. The molecule has 1 fully saturated rings. The fourth-order valence-electron chi connectivity index (χ4n) is 5.25. The molecule has 0 aliphatic carbocycles. The fraction of sp³-hybridized carbons (Fsp3) is 0.406. The number of carbonyl (C=O) groups is 3. The number of halogens is 1. The minimum Gasteiger partial charge on any atom is -0.508 e. The van der Waals surface area contributed by atoms with Crippen LogP contribution in [0, 0.1) is 13.8 Å². The van der Waals surface area contributed by atoms with Gasteiger partial charge in [-0.15, -0.1) is 11.6 Å². The van der Waals surface area contributed by atoms with Gasteiger partial charge in [0.2, 0.25) is 5.91 Å². The molecule has 3 amide bonds. The lowest BCUT2D eigenvalue weighted by Gasteiger charge is -2.32. The summed E-state index contributed by atoms with van der Waals surface area (Å²) in [7, 11) is 0. The van der Waals surface area contributed by atoms with Crippen LogP contribution in [0.1, 0.15) is 54.2 Å². The number of fused-ring (bicyclic) bond motifs is 1. The minimum atomic E-state index is -1.66. The van der Waals surface area contributed by atoms with Gasteiger partial charge in [0.15, 0.2) is 6.10 Å². The Balaban J connectivity index is 1.65. The Kier molecular flexibility index (Phi) is 8.94. The van der Waals surface area contributed by atoms with Crippen molar-refractivity contribution < 1.29 is 24.6 Å². The van der Waals surface area contributed by atoms with E-state index in [-0.39, 0.29) is 36.6 Å². The lowest BCUT2D eigenvalue weighted by atomic mass is 9.96. The lowest BCUT2D eigenvalue weighted by Crippen LogP contribution is -2.57. The van der Waals surface area contributed by atoms with Gasteiger partial charge in [-0.1, -0.05) is 42.5 Å². The van der Waals surface area contributed by atoms with Gasteiger partial charge in [0.1, 0.15) is 11.8 Å². The average molecular weight is 580 g/mol. The van der Waals surface area contributed by atoms with Gasteiger partial charge in [0.25, 0.3) is 11.8 Å². The topological polar surface area (TPSA) is 119 Å². The van der Waals surface area contributed by atoms with Crippen LogP contribution in [-0.2, 0) is 16.0 Å². The van der Waals surface area contributed by atoms with Crippen LogP contribution in [0.2, 0.25) is 0 Å². The van der Waals surface area contributed by atoms with Gasteiger partial charge >= 0.3 is 0 Å². The van der Waals surface area contributed by atoms with Crippen molar-refractivity contribution in [3.05, 3.63) is 76.9 Å². The molecule has 4 N–H and O–H groups in total. The van der Waals surface area contributed by atoms with Crippen LogP contribution >= 0.6 is 11.6 Å². The fourth-order valence-corrected chi connectivity index (χ4v) is 5.57. The molecule has 8 nitrogen and oxygen atoms in total. The molecule has 1 aliphatic heterocycles. The van der Waals surface area contributed by atoms with E-state index in [2.05, 4.69) is 10.6 Å². The van der Waals surface area contributed by atoms with Gasteiger partial charge in [-0.3, -0.25) is 14.4 Å². The zero-order valence-corrected chi connectivity index (χ0v) is 24.8. The number of hydrogen-bond donors (Lipinski definition) is 4. The highest BCUT2D eigenvalue weighted by Crippen LogP contribution is 2.26. The molecule has 4 atom stereocenters. The van der Waals surface area contributed by atoms with Crippen molar-refractivity contribution in [3.8, 4) is 5.75 Å². The third-order valence-electron chi connectivity index (χ3n) is 7.32. The quantitative estimate of drug-likeness (QED) is 0.316. The number of carbonyl (C=O) groups excluding carboxylic acids is 3. The van der Waals surface area contributed by atoms with E-state index in [9.17, 15) is 24.6 Å². The Morgan fingerprint density at radius 2 is 1.73 bits per heavy atom. The summed E-state index contributed by atoms with van der Waals surface area (Å²) in [6.45, 7) is 9.03. The third-order valence-corrected chi connectivity index (χ3v) is 7.64. The number of nitrogens with zero attached hydrogens (tertiary/aromatic N) is 1. The predicted octanol–water partition coefficient (Wildman–Crippen LogP) is 3.99. The monoisotopic (exact) mass is 579 g/mol. The van der Waals surface area contributed by atoms with Gasteiger partial charge < -0.3 is 25.7 Å². The Morgan fingerprint density at radius 1 is 1.05 bits per heavy atom. The zero-order chi connectivity index (χ0) is 30.1. The van der Waals surface area contributed by atoms with Crippen LogP contribution in [0.25, 0.3) is 10.8 Å². The molecule has 1 aliphatic rings. The number of aryl methyl sites for hydroxylation is 1. The van der Waals surface area contributed by atoms with E-state index in [0.29, 0.717) is 11.1 Å². The summed E-state index contributed by atoms with van der Waals surface area (Å²) in [5, 5.41) is 29.1. The molecule has 0 unspecified atom stereocenters. The van der Waals surface area contributed by atoms with Crippen molar-refractivity contribution in [1.29, 1.82) is 0 Å². The number of alkyl halides is 1. The molecule has 9 heteroatoms. The Labute approximate surface area is 245 Å². The second kappa shape index (κ2) is 12.1. The summed E-state index contributed by atoms with van der Waals surface area (Å²) in [6, 6.07) is 15.0. The van der Waals surface area contributed by atoms with Crippen LogP contribution in [-0.4, -0.2) is 68.5 Å². The first kappa shape index (κ1) is 30.3. The molecule has 41 heavy (non-hydrogen) atoms. The second-order valence-electron chi connectivity index (χ2n) is 11.9. The first-order valence-corrected chi connectivity index (χ1v) is 14.2. The van der Waals surface area contributed by atoms with Crippen molar-refractivity contribution in [2.45, 2.75) is 76.6 Å². The largest absolute Gasteiger partial charge is 0.508 e. The summed E-state index contributed by atoms with van der Waals surface area (Å²) in [6.07, 6.45) is -1.25. The average Bonchev–Trinajstić information content (AvgIpc) is 3.30. The number of likely N-dealkylation sites (tertiary alicyclic amines) is 1. The third kappa shape index (κ3) is 7.18. The van der Waals surface area contributed by atoms with Gasteiger partial charge in [-0.25, -0.2) is 0 Å². The maximum Gasteiger partial charge on any atom is 0.254 e. The highest BCUT2D eigenvalue weighted by molar-refractivity contribution is 6.21. The van der Waals surface area contributed by atoms with Gasteiger partial charge in [-0.2, -0.15) is 0 Å². The maximum atomic E-state index is 13.8. The molecule has 3 aromatic rings. The summed E-state index contributed by atoms with van der Waals surface area (Å²) in [5.74, 6) is -1.58. The van der Waals surface area contributed by atoms with E-state index in [0.717, 1.165) is 16.3 Å². The normalized spacial score (nSPS) is 18.7. The predicted molar refractivity (Wildman–Crippen MR) is 160 cm³/mol. The van der Waals surface area contributed by atoms with Crippen molar-refractivity contribution >= 4 is 40.1 Å². The molecule has 4 rings (SSSR count). The van der Waals surface area contributed by atoms with Crippen LogP contribution in [0.3, 0.4) is 0 Å². The summed E-state index contributed by atoms with van der Waals surface area (Å²) >= 11 is 6.39. The first-order valence-electron chi connectivity index (χ1n) is 13.8. The van der Waals surface area contributed by atoms with E-state index >= 15 is 0 Å². The molecule has 0 spiro atoms. The summed E-state index contributed by atoms with van der Waals surface area (Å²) in [5.41, 5.74) is 1.62. The number of hydrogen-bond acceptors (Lipinski definition) is 5. The Bertz CT molecular complexity index is 1470. The van der Waals surface area contributed by atoms with Gasteiger partial charge in [0.05, 0.1) is 11.4 Å². The summed E-state index contributed by atoms with van der Waals surface area (Å²) in [4.78, 5) is 41.6. The number of aliphatic hydroxyl groups excluding tert-OH is 1. The molecule has 218 valence electrons. The molecule has 0 saturated carbocycles. The van der Waals surface area contributed by atoms with E-state index in [1.165, 1.54) is 4.90 Å². The van der Waals surface area contributed by atoms with Crippen LogP contribution in [0.15, 0.2) is 54.6 Å². The minimum absolute atomic E-state index is 0.0178. The van der Waals surface area contributed by atoms with E-state index < -0.39 is 40.9 Å². The Morgan fingerprint density at radius 3 is 2.41 bits per heavy atom. The van der Waals surface area contributed by atoms with Crippen LogP contribution in [0.5, 0.6) is 5.75 Å². The van der Waals surface area contributed by atoms with Crippen molar-refractivity contribution in [2.24, 2.45) is 0 Å². The zero-order valence-electron chi connectivity index (χ0n) is 24.1. The maximum absolute atomic E-state index is 13.8. The number of amides is 3. The van der Waals surface area contributed by atoms with E-state index in [1.54, 1.807) is 26.0 Å². The molecule has 0 aromatic heterocycles. The molecular formula is C32H38ClN3O5. The standard InChI is InChI=1S/C32H38ClN3O5/c1-18-12-24(19(2)27(37)13-18)29(39)34-25(15-20-10-11-21-8-6-7-9-22(21)14-20)28(38)31(41)36-17-23(33)16-26(36)30(40)35-32(3,4)5/h6-14,23,25-26,28,37-38H,15-17H2,1-5H3,(H,34,39)(H,35,40)/t23-,25-,26-,28+/m0/s1. The number of phenols is 1. The molecule has 1 saturated heterocycles.